The Labute approximate surface area is 201 Å². The molecule has 3 rings (SSSR count). The smallest absolute Gasteiger partial charge is 0.191 e. The Morgan fingerprint density at radius 3 is 2.21 bits per heavy atom. The summed E-state index contributed by atoms with van der Waals surface area (Å²) in [6, 6.07) is 14.8. The molecule has 0 aliphatic carbocycles. The van der Waals surface area contributed by atoms with E-state index in [1.807, 2.05) is 6.92 Å². The van der Waals surface area contributed by atoms with E-state index in [0.29, 0.717) is 25.4 Å². The maximum atomic E-state index is 13.1. The molecule has 29 heavy (non-hydrogen) atoms. The summed E-state index contributed by atoms with van der Waals surface area (Å²) in [5.41, 5.74) is 4.82. The van der Waals surface area contributed by atoms with Crippen molar-refractivity contribution in [1.82, 2.24) is 0 Å². The van der Waals surface area contributed by atoms with Crippen LogP contribution < -0.4 is 4.74 Å². The van der Waals surface area contributed by atoms with Gasteiger partial charge in [-0.05, 0) is 68.9 Å². The molecular weight excluding hydrogens is 435 g/mol. The molecule has 0 amide bonds. The van der Waals surface area contributed by atoms with Crippen LogP contribution in [0.2, 0.25) is 0 Å². The van der Waals surface area contributed by atoms with Gasteiger partial charge in [-0.15, -0.1) is 0 Å². The monoisotopic (exact) mass is 469 g/mol. The molecular formula is C25H34NO2Y+. The molecule has 1 saturated heterocycles. The van der Waals surface area contributed by atoms with Crippen LogP contribution in [-0.2, 0) is 50.5 Å². The Morgan fingerprint density at radius 1 is 1.00 bits per heavy atom. The number of hydrogen-bond donors (Lipinski definition) is 0. The van der Waals surface area contributed by atoms with Crippen LogP contribution in [0.1, 0.15) is 48.4 Å². The van der Waals surface area contributed by atoms with E-state index in [2.05, 4.69) is 56.3 Å². The molecule has 0 bridgehead atoms. The van der Waals surface area contributed by atoms with Gasteiger partial charge in [0.15, 0.2) is 5.78 Å². The van der Waals surface area contributed by atoms with Crippen LogP contribution in [-0.4, -0.2) is 36.5 Å². The van der Waals surface area contributed by atoms with E-state index < -0.39 is 0 Å². The summed E-state index contributed by atoms with van der Waals surface area (Å²) in [7, 11) is 0. The van der Waals surface area contributed by atoms with E-state index in [4.69, 9.17) is 4.74 Å². The van der Waals surface area contributed by atoms with Gasteiger partial charge in [0.05, 0.1) is 19.7 Å². The second kappa shape index (κ2) is 11.4. The first kappa shape index (κ1) is 24.2. The fourth-order valence-electron chi connectivity index (χ4n) is 4.64. The van der Waals surface area contributed by atoms with Crippen LogP contribution in [0, 0.1) is 13.8 Å². The number of hydrogen-bond acceptors (Lipinski definition) is 2. The Hall–Kier alpha value is -1.03. The number of nitrogens with zero attached hydrogens (tertiary/aromatic N) is 1. The third-order valence-corrected chi connectivity index (χ3v) is 5.99. The number of ether oxygens (including phenoxy) is 1. The number of rotatable bonds is 8. The number of carbonyl (C=O) groups is 1. The summed E-state index contributed by atoms with van der Waals surface area (Å²) in [6.07, 6.45) is 4.27. The summed E-state index contributed by atoms with van der Waals surface area (Å²) in [4.78, 5) is 13.1. The van der Waals surface area contributed by atoms with Gasteiger partial charge in [0.2, 0.25) is 0 Å². The van der Waals surface area contributed by atoms with Crippen molar-refractivity contribution < 1.29 is 46.7 Å². The molecule has 0 aromatic heterocycles. The van der Waals surface area contributed by atoms with E-state index >= 15 is 0 Å². The molecule has 1 aliphatic heterocycles. The van der Waals surface area contributed by atoms with Crippen molar-refractivity contribution >= 4 is 5.78 Å². The number of benzene rings is 2. The first-order chi connectivity index (χ1) is 13.5. The summed E-state index contributed by atoms with van der Waals surface area (Å²) in [5.74, 6) is 1.26. The SMILES string of the molecule is CCOc1cc(C)c(CC(=O)C[N+]2(Cc3ccccc3)CCCCC2)c(C)c1.[Y]. The summed E-state index contributed by atoms with van der Waals surface area (Å²) < 4.78 is 6.56. The molecule has 1 fully saturated rings. The Balaban J connectivity index is 0.00000300. The van der Waals surface area contributed by atoms with Crippen molar-refractivity contribution in [2.45, 2.75) is 53.0 Å². The number of aryl methyl sites for hydroxylation is 2. The van der Waals surface area contributed by atoms with Crippen LogP contribution >= 0.6 is 0 Å². The van der Waals surface area contributed by atoms with Crippen LogP contribution in [0.15, 0.2) is 42.5 Å². The number of ketones is 1. The summed E-state index contributed by atoms with van der Waals surface area (Å²) in [6.45, 7) is 10.7. The molecule has 4 heteroatoms. The minimum atomic E-state index is 0. The van der Waals surface area contributed by atoms with Crippen molar-refractivity contribution in [1.29, 1.82) is 0 Å². The Bertz CT molecular complexity index is 775. The normalized spacial score (nSPS) is 15.4. The molecule has 2 aromatic rings. The first-order valence-corrected chi connectivity index (χ1v) is 10.6. The van der Waals surface area contributed by atoms with Crippen LogP contribution in [0.5, 0.6) is 5.75 Å². The van der Waals surface area contributed by atoms with Crippen molar-refractivity contribution in [3.63, 3.8) is 0 Å². The van der Waals surface area contributed by atoms with Crippen LogP contribution in [0.25, 0.3) is 0 Å². The minimum Gasteiger partial charge on any atom is -0.494 e. The second-order valence-corrected chi connectivity index (χ2v) is 8.34. The number of Topliss-reactive ketones (excluding diaryl/α,β-unsaturated/α-hetero) is 1. The zero-order valence-corrected chi connectivity index (χ0v) is 21.1. The largest absolute Gasteiger partial charge is 0.494 e. The van der Waals surface area contributed by atoms with Gasteiger partial charge in [0.1, 0.15) is 18.8 Å². The fourth-order valence-corrected chi connectivity index (χ4v) is 4.64. The van der Waals surface area contributed by atoms with Gasteiger partial charge >= 0.3 is 0 Å². The molecule has 1 heterocycles. The van der Waals surface area contributed by atoms with Gasteiger partial charge in [-0.25, -0.2) is 0 Å². The first-order valence-electron chi connectivity index (χ1n) is 10.6. The second-order valence-electron chi connectivity index (χ2n) is 8.34. The molecule has 1 radical (unpaired) electrons. The minimum absolute atomic E-state index is 0. The van der Waals surface area contributed by atoms with Gasteiger partial charge in [0, 0.05) is 44.7 Å². The average Bonchev–Trinajstić information content (AvgIpc) is 2.66. The van der Waals surface area contributed by atoms with E-state index in [1.54, 1.807) is 0 Å². The number of piperidine rings is 1. The van der Waals surface area contributed by atoms with Crippen LogP contribution in [0.4, 0.5) is 0 Å². The maximum Gasteiger partial charge on any atom is 0.191 e. The zero-order chi connectivity index (χ0) is 20.0. The third-order valence-electron chi connectivity index (χ3n) is 5.99. The molecule has 0 atom stereocenters. The molecule has 2 aromatic carbocycles. The molecule has 153 valence electrons. The van der Waals surface area contributed by atoms with Gasteiger partial charge < -0.3 is 9.22 Å². The third kappa shape index (κ3) is 6.74. The maximum absolute atomic E-state index is 13.1. The van der Waals surface area contributed by atoms with E-state index in [-0.39, 0.29) is 32.7 Å². The molecule has 0 N–H and O–H groups in total. The Morgan fingerprint density at radius 2 is 1.62 bits per heavy atom. The van der Waals surface area contributed by atoms with Gasteiger partial charge in [-0.2, -0.15) is 0 Å². The molecule has 0 saturated carbocycles. The van der Waals surface area contributed by atoms with Gasteiger partial charge in [0.25, 0.3) is 0 Å². The average molecular weight is 469 g/mol. The zero-order valence-electron chi connectivity index (χ0n) is 18.2. The van der Waals surface area contributed by atoms with E-state index in [0.717, 1.165) is 41.0 Å². The quantitative estimate of drug-likeness (QED) is 0.508. The standard InChI is InChI=1S/C25H34NO2.Y/c1-4-28-24-15-20(2)25(21(3)16-24)17-23(27)19-26(13-9-6-10-14-26)18-22-11-7-5-8-12-22;/h5,7-8,11-12,15-16H,4,6,9-10,13-14,17-19H2,1-3H3;/q+1;. The number of quaternary nitrogens is 1. The van der Waals surface area contributed by atoms with Crippen molar-refractivity contribution in [3.8, 4) is 5.75 Å². The molecule has 3 nitrogen and oxygen atoms in total. The summed E-state index contributed by atoms with van der Waals surface area (Å²) in [5, 5.41) is 0. The number of carbonyl (C=O) groups excluding carboxylic acids is 1. The van der Waals surface area contributed by atoms with Gasteiger partial charge in [-0.3, -0.25) is 4.79 Å². The molecule has 0 unspecified atom stereocenters. The van der Waals surface area contributed by atoms with Crippen LogP contribution in [0.3, 0.4) is 0 Å². The van der Waals surface area contributed by atoms with E-state index in [1.165, 1.54) is 30.4 Å². The van der Waals surface area contributed by atoms with E-state index in [9.17, 15) is 4.79 Å². The van der Waals surface area contributed by atoms with Crippen molar-refractivity contribution in [2.75, 3.05) is 26.2 Å². The van der Waals surface area contributed by atoms with Crippen molar-refractivity contribution in [2.24, 2.45) is 0 Å². The molecule has 0 spiro atoms. The summed E-state index contributed by atoms with van der Waals surface area (Å²) >= 11 is 0. The predicted molar refractivity (Wildman–Crippen MR) is 115 cm³/mol. The van der Waals surface area contributed by atoms with Gasteiger partial charge in [-0.1, -0.05) is 30.3 Å². The topological polar surface area (TPSA) is 26.3 Å². The molecule has 1 aliphatic rings. The number of likely N-dealkylation sites (tertiary alicyclic amines) is 1. The van der Waals surface area contributed by atoms with Crippen molar-refractivity contribution in [3.05, 3.63) is 64.7 Å². The fraction of sp³-hybridized carbons (Fsp3) is 0.480. The predicted octanol–water partition coefficient (Wildman–Crippen LogP) is 5.01. The Kier molecular flexibility index (Phi) is 9.52.